The summed E-state index contributed by atoms with van der Waals surface area (Å²) in [5.41, 5.74) is 1.60. The summed E-state index contributed by atoms with van der Waals surface area (Å²) in [7, 11) is -2.22. The lowest BCUT2D eigenvalue weighted by Gasteiger charge is -2.41. The Kier molecular flexibility index (Phi) is 7.95. The van der Waals surface area contributed by atoms with E-state index in [0.29, 0.717) is 22.6 Å². The van der Waals surface area contributed by atoms with E-state index < -0.39 is 16.6 Å². The summed E-state index contributed by atoms with van der Waals surface area (Å²) in [6.45, 7) is 24.8. The summed E-state index contributed by atoms with van der Waals surface area (Å²) in [5, 5.41) is 0.132. The highest BCUT2D eigenvalue weighted by molar-refractivity contribution is 6.77. The summed E-state index contributed by atoms with van der Waals surface area (Å²) >= 11 is 0. The van der Waals surface area contributed by atoms with Crippen LogP contribution in [-0.2, 0) is 13.6 Å². The van der Waals surface area contributed by atoms with Crippen molar-refractivity contribution in [3.63, 3.8) is 0 Å². The van der Waals surface area contributed by atoms with Gasteiger partial charge in [0.2, 0.25) is 0 Å². The highest BCUT2D eigenvalue weighted by Gasteiger charge is 2.47. The lowest BCUT2D eigenvalue weighted by atomic mass is 10.2. The van der Waals surface area contributed by atoms with E-state index in [-0.39, 0.29) is 5.04 Å². The molecule has 0 aromatic carbocycles. The van der Waals surface area contributed by atoms with Gasteiger partial charge in [0.05, 0.1) is 7.11 Å². The molecule has 0 saturated carbocycles. The van der Waals surface area contributed by atoms with Crippen LogP contribution in [0.3, 0.4) is 0 Å². The first-order chi connectivity index (χ1) is 10.2. The first-order valence-electron chi connectivity index (χ1n) is 8.83. The molecule has 138 valence electrons. The molecule has 0 aromatic rings. The summed E-state index contributed by atoms with van der Waals surface area (Å²) in [6.07, 6.45) is 1.76. The molecule has 0 amide bonds. The molecular formula is C18H40O3Si2. The standard InChI is InChI=1S/C18H40O3Si2/c1-14(2)23(15(3)4,16(5)6)20-13-17(19-10)21-22(11,12)18(7,8)9/h13-16H,1-12H3/b17-13-. The van der Waals surface area contributed by atoms with Crippen LogP contribution in [0.5, 0.6) is 0 Å². The minimum Gasteiger partial charge on any atom is -0.543 e. The fourth-order valence-corrected chi connectivity index (χ4v) is 9.13. The zero-order valence-electron chi connectivity index (χ0n) is 17.5. The average Bonchev–Trinajstić information content (AvgIpc) is 2.34. The first-order valence-corrected chi connectivity index (χ1v) is 13.9. The number of rotatable bonds is 8. The maximum atomic E-state index is 6.47. The molecule has 0 aliphatic rings. The van der Waals surface area contributed by atoms with Crippen molar-refractivity contribution < 1.29 is 13.6 Å². The zero-order valence-corrected chi connectivity index (χ0v) is 19.5. The molecule has 0 aliphatic carbocycles. The van der Waals surface area contributed by atoms with Gasteiger partial charge in [-0.1, -0.05) is 62.3 Å². The maximum absolute atomic E-state index is 6.47. The van der Waals surface area contributed by atoms with Crippen molar-refractivity contribution in [1.82, 2.24) is 0 Å². The molecule has 23 heavy (non-hydrogen) atoms. The van der Waals surface area contributed by atoms with Gasteiger partial charge in [-0.2, -0.15) is 0 Å². The van der Waals surface area contributed by atoms with Crippen LogP contribution in [0.25, 0.3) is 0 Å². The second kappa shape index (κ2) is 8.10. The van der Waals surface area contributed by atoms with Crippen LogP contribution < -0.4 is 0 Å². The van der Waals surface area contributed by atoms with Gasteiger partial charge in [0, 0.05) is 0 Å². The third-order valence-corrected chi connectivity index (χ3v) is 15.7. The second-order valence-electron chi connectivity index (χ2n) is 8.94. The molecule has 0 rings (SSSR count). The lowest BCUT2D eigenvalue weighted by Crippen LogP contribution is -2.46. The van der Waals surface area contributed by atoms with Crippen molar-refractivity contribution in [3.05, 3.63) is 12.2 Å². The molecule has 0 atom stereocenters. The Morgan fingerprint density at radius 1 is 0.870 bits per heavy atom. The van der Waals surface area contributed by atoms with E-state index in [4.69, 9.17) is 13.6 Å². The van der Waals surface area contributed by atoms with Gasteiger partial charge in [-0.15, -0.1) is 0 Å². The minimum atomic E-state index is -1.95. The van der Waals surface area contributed by atoms with Crippen molar-refractivity contribution >= 4 is 16.6 Å². The molecule has 3 nitrogen and oxygen atoms in total. The molecule has 0 aromatic heterocycles. The molecule has 0 bridgehead atoms. The van der Waals surface area contributed by atoms with Crippen molar-refractivity contribution in [2.75, 3.05) is 7.11 Å². The topological polar surface area (TPSA) is 27.7 Å². The Labute approximate surface area is 147 Å². The third-order valence-electron chi connectivity index (χ3n) is 5.43. The molecule has 0 heterocycles. The molecule has 0 fully saturated rings. The minimum absolute atomic E-state index is 0.132. The molecule has 0 aliphatic heterocycles. The van der Waals surface area contributed by atoms with Crippen LogP contribution in [0.2, 0.25) is 34.8 Å². The molecule has 0 unspecified atom stereocenters. The van der Waals surface area contributed by atoms with Gasteiger partial charge in [0.25, 0.3) is 22.6 Å². The summed E-state index contributed by atoms with van der Waals surface area (Å²) in [5.74, 6) is 0.524. The van der Waals surface area contributed by atoms with Crippen LogP contribution in [0, 0.1) is 0 Å². The Morgan fingerprint density at radius 2 is 1.26 bits per heavy atom. The number of hydrogen-bond acceptors (Lipinski definition) is 3. The third kappa shape index (κ3) is 5.28. The first kappa shape index (κ1) is 22.6. The van der Waals surface area contributed by atoms with E-state index in [9.17, 15) is 0 Å². The van der Waals surface area contributed by atoms with Crippen LogP contribution in [0.1, 0.15) is 62.3 Å². The number of ether oxygens (including phenoxy) is 1. The van der Waals surface area contributed by atoms with Crippen molar-refractivity contribution in [2.24, 2.45) is 0 Å². The quantitative estimate of drug-likeness (QED) is 0.358. The molecule has 0 spiro atoms. The lowest BCUT2D eigenvalue weighted by molar-refractivity contribution is 0.127. The van der Waals surface area contributed by atoms with E-state index in [1.165, 1.54) is 0 Å². The van der Waals surface area contributed by atoms with Gasteiger partial charge in [-0.05, 0) is 34.8 Å². The number of hydrogen-bond donors (Lipinski definition) is 0. The van der Waals surface area contributed by atoms with Gasteiger partial charge in [-0.3, -0.25) is 0 Å². The zero-order chi connectivity index (χ0) is 18.6. The highest BCUT2D eigenvalue weighted by Crippen LogP contribution is 2.43. The highest BCUT2D eigenvalue weighted by atomic mass is 28.4. The van der Waals surface area contributed by atoms with E-state index >= 15 is 0 Å². The summed E-state index contributed by atoms with van der Waals surface area (Å²) in [6, 6.07) is 0. The van der Waals surface area contributed by atoms with Gasteiger partial charge in [0.15, 0.2) is 0 Å². The Hall–Kier alpha value is -0.426. The normalized spacial score (nSPS) is 14.7. The Morgan fingerprint density at radius 3 is 1.52 bits per heavy atom. The van der Waals surface area contributed by atoms with Gasteiger partial charge in [0.1, 0.15) is 6.26 Å². The number of methoxy groups -OCH3 is 1. The van der Waals surface area contributed by atoms with Gasteiger partial charge < -0.3 is 13.6 Å². The van der Waals surface area contributed by atoms with E-state index in [1.54, 1.807) is 13.4 Å². The smallest absolute Gasteiger partial charge is 0.299 e. The van der Waals surface area contributed by atoms with Crippen molar-refractivity contribution in [2.45, 2.75) is 97.1 Å². The van der Waals surface area contributed by atoms with Gasteiger partial charge >= 0.3 is 0 Å². The van der Waals surface area contributed by atoms with Crippen LogP contribution in [-0.4, -0.2) is 23.7 Å². The van der Waals surface area contributed by atoms with E-state index in [0.717, 1.165) is 0 Å². The van der Waals surface area contributed by atoms with Crippen molar-refractivity contribution in [1.29, 1.82) is 0 Å². The van der Waals surface area contributed by atoms with Crippen LogP contribution in [0.15, 0.2) is 12.2 Å². The fourth-order valence-electron chi connectivity index (χ4n) is 3.08. The molecule has 0 saturated heterocycles. The molecule has 5 heteroatoms. The predicted octanol–water partition coefficient (Wildman–Crippen LogP) is 6.65. The largest absolute Gasteiger partial charge is 0.543 e. The van der Waals surface area contributed by atoms with Gasteiger partial charge in [-0.25, -0.2) is 0 Å². The fraction of sp³-hybridized carbons (Fsp3) is 0.889. The summed E-state index contributed by atoms with van der Waals surface area (Å²) < 4.78 is 18.2. The Bertz CT molecular complexity index is 372. The predicted molar refractivity (Wildman–Crippen MR) is 106 cm³/mol. The Balaban J connectivity index is 5.48. The van der Waals surface area contributed by atoms with E-state index in [1.807, 2.05) is 0 Å². The van der Waals surface area contributed by atoms with E-state index in [2.05, 4.69) is 75.4 Å². The molecular weight excluding hydrogens is 320 g/mol. The molecule has 0 radical (unpaired) electrons. The maximum Gasteiger partial charge on any atom is 0.299 e. The molecule has 0 N–H and O–H groups in total. The van der Waals surface area contributed by atoms with Crippen LogP contribution >= 0.6 is 0 Å². The van der Waals surface area contributed by atoms with Crippen LogP contribution in [0.4, 0.5) is 0 Å². The SMILES string of the molecule is CO/C(=C/O[Si](C(C)C)(C(C)C)C(C)C)O[Si](C)(C)C(C)(C)C. The second-order valence-corrected chi connectivity index (χ2v) is 19.1. The van der Waals surface area contributed by atoms with Crippen molar-refractivity contribution in [3.8, 4) is 0 Å². The summed E-state index contributed by atoms with van der Waals surface area (Å²) in [4.78, 5) is 0. The average molecular weight is 361 g/mol. The monoisotopic (exact) mass is 360 g/mol.